The van der Waals surface area contributed by atoms with E-state index >= 15 is 0 Å². The Morgan fingerprint density at radius 1 is 1.35 bits per heavy atom. The number of rotatable bonds is 4. The van der Waals surface area contributed by atoms with Crippen LogP contribution in [0.2, 0.25) is 5.02 Å². The number of nitrogen functional groups attached to an aromatic ring is 1. The second-order valence-electron chi connectivity index (χ2n) is 4.22. The Balaban J connectivity index is 1.92. The lowest BCUT2D eigenvalue weighted by Gasteiger charge is -2.07. The Kier molecular flexibility index (Phi) is 4.53. The van der Waals surface area contributed by atoms with Crippen LogP contribution in [0.3, 0.4) is 0 Å². The Hall–Kier alpha value is -2.14. The first-order chi connectivity index (χ1) is 9.56. The molecule has 0 aliphatic rings. The number of pyridine rings is 1. The third kappa shape index (κ3) is 3.68. The Bertz CT molecular complexity index is 616. The van der Waals surface area contributed by atoms with Crippen molar-refractivity contribution in [1.29, 1.82) is 0 Å². The number of aromatic nitrogens is 1. The van der Waals surface area contributed by atoms with Crippen LogP contribution in [0.25, 0.3) is 0 Å². The first-order valence-corrected chi connectivity index (χ1v) is 6.38. The van der Waals surface area contributed by atoms with Gasteiger partial charge in [-0.2, -0.15) is 0 Å². The molecule has 1 amide bonds. The van der Waals surface area contributed by atoms with E-state index < -0.39 is 0 Å². The molecular weight excluding hydrogens is 281 g/mol. The zero-order valence-corrected chi connectivity index (χ0v) is 11.3. The van der Waals surface area contributed by atoms with Gasteiger partial charge in [0.1, 0.15) is 11.6 Å². The van der Waals surface area contributed by atoms with E-state index in [1.807, 2.05) is 0 Å². The minimum atomic E-state index is -0.314. The molecule has 3 N–H and O–H groups in total. The highest BCUT2D eigenvalue weighted by molar-refractivity contribution is 6.33. The molecule has 4 nitrogen and oxygen atoms in total. The van der Waals surface area contributed by atoms with Gasteiger partial charge in [-0.25, -0.2) is 9.37 Å². The lowest BCUT2D eigenvalue weighted by atomic mass is 10.1. The lowest BCUT2D eigenvalue weighted by Crippen LogP contribution is -2.26. The summed E-state index contributed by atoms with van der Waals surface area (Å²) >= 11 is 5.88. The summed E-state index contributed by atoms with van der Waals surface area (Å²) in [5.41, 5.74) is 6.74. The first kappa shape index (κ1) is 14.3. The number of anilines is 1. The number of carbonyl (C=O) groups is 1. The number of nitrogens with two attached hydrogens (primary N) is 1. The summed E-state index contributed by atoms with van der Waals surface area (Å²) in [6.45, 7) is 0.420. The lowest BCUT2D eigenvalue weighted by molar-refractivity contribution is 0.0954. The highest BCUT2D eigenvalue weighted by atomic mass is 35.5. The molecule has 0 radical (unpaired) electrons. The van der Waals surface area contributed by atoms with Crippen LogP contribution in [-0.2, 0) is 6.42 Å². The second-order valence-corrected chi connectivity index (χ2v) is 4.63. The minimum absolute atomic E-state index is 0.234. The first-order valence-electron chi connectivity index (χ1n) is 6.00. The molecular formula is C14H13ClFN3O. The van der Waals surface area contributed by atoms with Crippen LogP contribution in [0.15, 0.2) is 36.5 Å². The molecule has 0 aliphatic heterocycles. The SMILES string of the molecule is Nc1cc(C(=O)NCCc2ccc(F)cc2)c(Cl)cn1. The third-order valence-corrected chi connectivity index (χ3v) is 3.03. The largest absolute Gasteiger partial charge is 0.384 e. The normalized spacial score (nSPS) is 10.3. The van der Waals surface area contributed by atoms with Gasteiger partial charge in [-0.3, -0.25) is 4.79 Å². The van der Waals surface area contributed by atoms with Crippen LogP contribution in [-0.4, -0.2) is 17.4 Å². The maximum atomic E-state index is 12.7. The van der Waals surface area contributed by atoms with Crippen molar-refractivity contribution in [2.45, 2.75) is 6.42 Å². The van der Waals surface area contributed by atoms with Crippen molar-refractivity contribution in [3.63, 3.8) is 0 Å². The fraction of sp³-hybridized carbons (Fsp3) is 0.143. The van der Waals surface area contributed by atoms with Gasteiger partial charge in [0.25, 0.3) is 5.91 Å². The zero-order valence-electron chi connectivity index (χ0n) is 10.6. The molecule has 0 bridgehead atoms. The van der Waals surface area contributed by atoms with Gasteiger partial charge < -0.3 is 11.1 Å². The van der Waals surface area contributed by atoms with E-state index in [1.165, 1.54) is 24.4 Å². The predicted molar refractivity (Wildman–Crippen MR) is 76.1 cm³/mol. The standard InChI is InChI=1S/C14H13ClFN3O/c15-12-8-19-13(17)7-11(12)14(20)18-6-5-9-1-3-10(16)4-2-9/h1-4,7-8H,5-6H2,(H2,17,19)(H,18,20). The smallest absolute Gasteiger partial charge is 0.253 e. The van der Waals surface area contributed by atoms with Crippen LogP contribution < -0.4 is 11.1 Å². The van der Waals surface area contributed by atoms with E-state index in [4.69, 9.17) is 17.3 Å². The molecule has 0 unspecified atom stereocenters. The fourth-order valence-corrected chi connectivity index (χ4v) is 1.88. The molecule has 0 fully saturated rings. The molecule has 2 aromatic rings. The summed E-state index contributed by atoms with van der Waals surface area (Å²) in [5.74, 6) is -0.360. The van der Waals surface area contributed by atoms with Gasteiger partial charge in [-0.1, -0.05) is 23.7 Å². The minimum Gasteiger partial charge on any atom is -0.384 e. The quantitative estimate of drug-likeness (QED) is 0.910. The average molecular weight is 294 g/mol. The van der Waals surface area contributed by atoms with E-state index in [2.05, 4.69) is 10.3 Å². The monoisotopic (exact) mass is 293 g/mol. The number of amides is 1. The second kappa shape index (κ2) is 6.34. The summed E-state index contributed by atoms with van der Waals surface area (Å²) in [5, 5.41) is 2.98. The van der Waals surface area contributed by atoms with Crippen LogP contribution in [0.4, 0.5) is 10.2 Å². The number of halogens is 2. The van der Waals surface area contributed by atoms with Crippen LogP contribution in [0.1, 0.15) is 15.9 Å². The highest BCUT2D eigenvalue weighted by Crippen LogP contribution is 2.16. The van der Waals surface area contributed by atoms with Gasteiger partial charge in [-0.05, 0) is 30.2 Å². The van der Waals surface area contributed by atoms with Gasteiger partial charge in [0, 0.05) is 12.7 Å². The molecule has 104 valence electrons. The van der Waals surface area contributed by atoms with E-state index in [1.54, 1.807) is 12.1 Å². The molecule has 20 heavy (non-hydrogen) atoms. The van der Waals surface area contributed by atoms with Gasteiger partial charge in [0.15, 0.2) is 0 Å². The van der Waals surface area contributed by atoms with Crippen molar-refractivity contribution in [1.82, 2.24) is 10.3 Å². The average Bonchev–Trinajstić information content (AvgIpc) is 2.43. The maximum Gasteiger partial charge on any atom is 0.253 e. The van der Waals surface area contributed by atoms with Gasteiger partial charge >= 0.3 is 0 Å². The molecule has 0 spiro atoms. The summed E-state index contributed by atoms with van der Waals surface area (Å²) in [6, 6.07) is 7.56. The van der Waals surface area contributed by atoms with Gasteiger partial charge in [0.05, 0.1) is 10.6 Å². The van der Waals surface area contributed by atoms with Crippen molar-refractivity contribution in [2.24, 2.45) is 0 Å². The van der Waals surface area contributed by atoms with Crippen molar-refractivity contribution < 1.29 is 9.18 Å². The van der Waals surface area contributed by atoms with Crippen molar-refractivity contribution in [2.75, 3.05) is 12.3 Å². The Morgan fingerprint density at radius 3 is 2.75 bits per heavy atom. The number of hydrogen-bond acceptors (Lipinski definition) is 3. The van der Waals surface area contributed by atoms with Crippen molar-refractivity contribution in [3.8, 4) is 0 Å². The molecule has 0 saturated carbocycles. The van der Waals surface area contributed by atoms with Crippen molar-refractivity contribution >= 4 is 23.3 Å². The van der Waals surface area contributed by atoms with E-state index in [-0.39, 0.29) is 22.6 Å². The topological polar surface area (TPSA) is 68.0 Å². The van der Waals surface area contributed by atoms with Crippen LogP contribution >= 0.6 is 11.6 Å². The summed E-state index contributed by atoms with van der Waals surface area (Å²) in [7, 11) is 0. The molecule has 0 saturated heterocycles. The van der Waals surface area contributed by atoms with Crippen LogP contribution in [0, 0.1) is 5.82 Å². The third-order valence-electron chi connectivity index (χ3n) is 2.73. The highest BCUT2D eigenvalue weighted by Gasteiger charge is 2.10. The van der Waals surface area contributed by atoms with Gasteiger partial charge in [-0.15, -0.1) is 0 Å². The fourth-order valence-electron chi connectivity index (χ4n) is 1.70. The summed E-state index contributed by atoms with van der Waals surface area (Å²) < 4.78 is 12.7. The maximum absolute atomic E-state index is 12.7. The molecule has 1 aromatic heterocycles. The number of nitrogens with one attached hydrogen (secondary N) is 1. The molecule has 1 aromatic carbocycles. The van der Waals surface area contributed by atoms with E-state index in [0.717, 1.165) is 5.56 Å². The molecule has 6 heteroatoms. The van der Waals surface area contributed by atoms with Crippen molar-refractivity contribution in [3.05, 3.63) is 58.5 Å². The van der Waals surface area contributed by atoms with E-state index in [0.29, 0.717) is 18.5 Å². The Labute approximate surface area is 120 Å². The molecule has 2 rings (SSSR count). The molecule has 1 heterocycles. The Morgan fingerprint density at radius 2 is 2.05 bits per heavy atom. The molecule has 0 aliphatic carbocycles. The number of nitrogens with zero attached hydrogens (tertiary/aromatic N) is 1. The number of carbonyl (C=O) groups excluding carboxylic acids is 1. The summed E-state index contributed by atoms with van der Waals surface area (Å²) in [4.78, 5) is 15.7. The van der Waals surface area contributed by atoms with Crippen LogP contribution in [0.5, 0.6) is 0 Å². The zero-order chi connectivity index (χ0) is 14.5. The van der Waals surface area contributed by atoms with Gasteiger partial charge in [0.2, 0.25) is 0 Å². The molecule has 0 atom stereocenters. The summed E-state index contributed by atoms with van der Waals surface area (Å²) in [6.07, 6.45) is 1.94. The van der Waals surface area contributed by atoms with E-state index in [9.17, 15) is 9.18 Å². The number of benzene rings is 1. The predicted octanol–water partition coefficient (Wildman–Crippen LogP) is 2.43. The number of hydrogen-bond donors (Lipinski definition) is 2.